The first-order valence-electron chi connectivity index (χ1n) is 5.30. The largest absolute Gasteiger partial charge is 0.505 e. The van der Waals surface area contributed by atoms with Gasteiger partial charge in [0.2, 0.25) is 0 Å². The molecule has 2 rings (SSSR count). The third kappa shape index (κ3) is 1.67. The molecular weight excluding hydrogens is 186 g/mol. The first kappa shape index (κ1) is 9.97. The van der Waals surface area contributed by atoms with E-state index in [1.807, 2.05) is 24.3 Å². The molecule has 0 fully saturated rings. The minimum absolute atomic E-state index is 0.336. The topological polar surface area (TPSA) is 33.1 Å². The number of phenolic OH excluding ortho intramolecular Hbond substituents is 1. The molecule has 1 heterocycles. The van der Waals surface area contributed by atoms with Crippen molar-refractivity contribution in [2.24, 2.45) is 0 Å². The van der Waals surface area contributed by atoms with Crippen LogP contribution in [0.2, 0.25) is 0 Å². The smallest absolute Gasteiger partial charge is 0.145 e. The minimum atomic E-state index is 0.336. The summed E-state index contributed by atoms with van der Waals surface area (Å²) in [4.78, 5) is 4.21. The molecule has 1 aromatic heterocycles. The summed E-state index contributed by atoms with van der Waals surface area (Å²) >= 11 is 0. The zero-order valence-corrected chi connectivity index (χ0v) is 9.07. The van der Waals surface area contributed by atoms with Crippen molar-refractivity contribution in [1.82, 2.24) is 4.98 Å². The lowest BCUT2D eigenvalue weighted by molar-refractivity contribution is 0.467. The molecule has 0 amide bonds. The number of pyridine rings is 1. The van der Waals surface area contributed by atoms with Crippen LogP contribution in [0.1, 0.15) is 31.7 Å². The van der Waals surface area contributed by atoms with Gasteiger partial charge < -0.3 is 5.11 Å². The van der Waals surface area contributed by atoms with Crippen LogP contribution in [-0.4, -0.2) is 10.1 Å². The lowest BCUT2D eigenvalue weighted by Crippen LogP contribution is -1.93. The zero-order chi connectivity index (χ0) is 10.8. The highest BCUT2D eigenvalue weighted by molar-refractivity contribution is 5.85. The highest BCUT2D eigenvalue weighted by atomic mass is 16.3. The van der Waals surface area contributed by atoms with Gasteiger partial charge in [0.1, 0.15) is 11.3 Å². The van der Waals surface area contributed by atoms with Crippen LogP contribution in [0.4, 0.5) is 0 Å². The van der Waals surface area contributed by atoms with Crippen molar-refractivity contribution < 1.29 is 5.11 Å². The molecule has 1 unspecified atom stereocenters. The molecule has 0 saturated carbocycles. The third-order valence-electron chi connectivity index (χ3n) is 2.92. The van der Waals surface area contributed by atoms with Gasteiger partial charge in [-0.1, -0.05) is 32.0 Å². The van der Waals surface area contributed by atoms with Crippen LogP contribution in [0, 0.1) is 0 Å². The highest BCUT2D eigenvalue weighted by Gasteiger charge is 2.11. The van der Waals surface area contributed by atoms with Gasteiger partial charge in [0.15, 0.2) is 0 Å². The van der Waals surface area contributed by atoms with E-state index in [1.165, 1.54) is 0 Å². The Labute approximate surface area is 89.6 Å². The number of phenols is 1. The molecule has 2 heteroatoms. The lowest BCUT2D eigenvalue weighted by atomic mass is 9.96. The Morgan fingerprint density at radius 3 is 2.87 bits per heavy atom. The fraction of sp³-hybridized carbons (Fsp3) is 0.308. The average molecular weight is 201 g/mol. The summed E-state index contributed by atoms with van der Waals surface area (Å²) in [6.07, 6.45) is 2.73. The average Bonchev–Trinajstić information content (AvgIpc) is 2.29. The molecule has 2 nitrogen and oxygen atoms in total. The maximum Gasteiger partial charge on any atom is 0.145 e. The first-order chi connectivity index (χ1) is 7.24. The van der Waals surface area contributed by atoms with Gasteiger partial charge in [0.05, 0.1) is 0 Å². The van der Waals surface area contributed by atoms with E-state index in [0.717, 1.165) is 17.4 Å². The van der Waals surface area contributed by atoms with E-state index < -0.39 is 0 Å². The van der Waals surface area contributed by atoms with Crippen LogP contribution in [0.5, 0.6) is 5.75 Å². The van der Waals surface area contributed by atoms with Gasteiger partial charge in [-0.15, -0.1) is 0 Å². The summed E-state index contributed by atoms with van der Waals surface area (Å²) in [6.45, 7) is 4.23. The van der Waals surface area contributed by atoms with Crippen LogP contribution >= 0.6 is 0 Å². The molecule has 78 valence electrons. The standard InChI is InChI=1S/C13H15NO/c1-3-9(2)11-7-6-10-5-4-8-14-12(10)13(11)15/h4-9,15H,3H2,1-2H3. The Morgan fingerprint density at radius 1 is 1.33 bits per heavy atom. The van der Waals surface area contributed by atoms with Gasteiger partial charge in [-0.3, -0.25) is 4.98 Å². The summed E-state index contributed by atoms with van der Waals surface area (Å²) in [6, 6.07) is 7.85. The Hall–Kier alpha value is -1.57. The van der Waals surface area contributed by atoms with Crippen LogP contribution in [0.15, 0.2) is 30.5 Å². The van der Waals surface area contributed by atoms with Crippen LogP contribution in [0.3, 0.4) is 0 Å². The molecule has 0 radical (unpaired) electrons. The number of benzene rings is 1. The maximum atomic E-state index is 10.1. The van der Waals surface area contributed by atoms with Crippen LogP contribution in [-0.2, 0) is 0 Å². The van der Waals surface area contributed by atoms with Crippen molar-refractivity contribution >= 4 is 10.9 Å². The molecule has 0 bridgehead atoms. The number of nitrogens with zero attached hydrogens (tertiary/aromatic N) is 1. The van der Waals surface area contributed by atoms with Crippen LogP contribution in [0.25, 0.3) is 10.9 Å². The minimum Gasteiger partial charge on any atom is -0.505 e. The number of rotatable bonds is 2. The summed E-state index contributed by atoms with van der Waals surface area (Å²) < 4.78 is 0. The van der Waals surface area contributed by atoms with E-state index in [4.69, 9.17) is 0 Å². The second-order valence-corrected chi connectivity index (χ2v) is 3.89. The van der Waals surface area contributed by atoms with Crippen molar-refractivity contribution in [2.75, 3.05) is 0 Å². The molecule has 0 aliphatic heterocycles. The number of hydrogen-bond donors (Lipinski definition) is 1. The van der Waals surface area contributed by atoms with Crippen LogP contribution < -0.4 is 0 Å². The Balaban J connectivity index is 2.65. The van der Waals surface area contributed by atoms with E-state index in [9.17, 15) is 5.11 Å². The van der Waals surface area contributed by atoms with Gasteiger partial charge >= 0.3 is 0 Å². The molecular formula is C13H15NO. The molecule has 1 N–H and O–H groups in total. The quantitative estimate of drug-likeness (QED) is 0.807. The number of aromatic hydroxyl groups is 1. The van der Waals surface area contributed by atoms with E-state index in [1.54, 1.807) is 6.20 Å². The van der Waals surface area contributed by atoms with Crippen molar-refractivity contribution in [2.45, 2.75) is 26.2 Å². The van der Waals surface area contributed by atoms with E-state index >= 15 is 0 Å². The lowest BCUT2D eigenvalue weighted by Gasteiger charge is -2.12. The Bertz CT molecular complexity index is 479. The third-order valence-corrected chi connectivity index (χ3v) is 2.92. The predicted octanol–water partition coefficient (Wildman–Crippen LogP) is 3.45. The van der Waals surface area contributed by atoms with Gasteiger partial charge in [-0.25, -0.2) is 0 Å². The number of hydrogen-bond acceptors (Lipinski definition) is 2. The molecule has 0 aliphatic rings. The van der Waals surface area contributed by atoms with Gasteiger partial charge in [-0.05, 0) is 24.0 Å². The van der Waals surface area contributed by atoms with Crippen molar-refractivity contribution in [3.8, 4) is 5.75 Å². The monoisotopic (exact) mass is 201 g/mol. The first-order valence-corrected chi connectivity index (χ1v) is 5.30. The summed E-state index contributed by atoms with van der Waals surface area (Å²) in [5.41, 5.74) is 1.69. The van der Waals surface area contributed by atoms with Crippen molar-refractivity contribution in [3.05, 3.63) is 36.0 Å². The summed E-state index contributed by atoms with van der Waals surface area (Å²) in [5.74, 6) is 0.707. The molecule has 1 aromatic carbocycles. The zero-order valence-electron chi connectivity index (χ0n) is 9.07. The highest BCUT2D eigenvalue weighted by Crippen LogP contribution is 2.33. The van der Waals surface area contributed by atoms with E-state index in [-0.39, 0.29) is 0 Å². The molecule has 15 heavy (non-hydrogen) atoms. The van der Waals surface area contributed by atoms with Crippen molar-refractivity contribution in [1.29, 1.82) is 0 Å². The predicted molar refractivity (Wildman–Crippen MR) is 62.1 cm³/mol. The van der Waals surface area contributed by atoms with Gasteiger partial charge in [0, 0.05) is 11.6 Å². The fourth-order valence-electron chi connectivity index (χ4n) is 1.76. The van der Waals surface area contributed by atoms with Crippen molar-refractivity contribution in [3.63, 3.8) is 0 Å². The molecule has 2 aromatic rings. The van der Waals surface area contributed by atoms with Gasteiger partial charge in [-0.2, -0.15) is 0 Å². The fourth-order valence-corrected chi connectivity index (χ4v) is 1.76. The molecule has 0 saturated heterocycles. The molecule has 0 aliphatic carbocycles. The number of fused-ring (bicyclic) bond motifs is 1. The summed E-state index contributed by atoms with van der Waals surface area (Å²) in [5, 5.41) is 11.1. The second kappa shape index (κ2) is 3.89. The Morgan fingerprint density at radius 2 is 2.13 bits per heavy atom. The second-order valence-electron chi connectivity index (χ2n) is 3.89. The van der Waals surface area contributed by atoms with E-state index in [0.29, 0.717) is 17.2 Å². The Kier molecular flexibility index (Phi) is 2.58. The maximum absolute atomic E-state index is 10.1. The SMILES string of the molecule is CCC(C)c1ccc2cccnc2c1O. The molecule has 0 spiro atoms. The van der Waals surface area contributed by atoms with E-state index in [2.05, 4.69) is 18.8 Å². The van der Waals surface area contributed by atoms with Gasteiger partial charge in [0.25, 0.3) is 0 Å². The number of aromatic nitrogens is 1. The summed E-state index contributed by atoms with van der Waals surface area (Å²) in [7, 11) is 0. The normalized spacial score (nSPS) is 12.9. The molecule has 1 atom stereocenters.